The number of benzene rings is 2. The van der Waals surface area contributed by atoms with Gasteiger partial charge in [-0.3, -0.25) is 9.59 Å². The number of carboxylic acid groups (broad SMARTS) is 1. The highest BCUT2D eigenvalue weighted by Crippen LogP contribution is 2.44. The molecule has 2 amide bonds. The molecule has 2 aromatic carbocycles. The molecule has 0 saturated carbocycles. The molecule has 0 bridgehead atoms. The van der Waals surface area contributed by atoms with Crippen LogP contribution in [-0.4, -0.2) is 79.3 Å². The fourth-order valence-corrected chi connectivity index (χ4v) is 4.72. The monoisotopic (exact) mass is 451 g/mol. The van der Waals surface area contributed by atoms with Crippen molar-refractivity contribution < 1.29 is 24.2 Å². The predicted octanol–water partition coefficient (Wildman–Crippen LogP) is 2.39. The molecule has 8 nitrogen and oxygen atoms in total. The van der Waals surface area contributed by atoms with Crippen LogP contribution < -0.4 is 5.32 Å². The van der Waals surface area contributed by atoms with Gasteiger partial charge in [-0.2, -0.15) is 0 Å². The number of fused-ring (bicyclic) bond motifs is 3. The molecule has 0 radical (unpaired) electrons. The van der Waals surface area contributed by atoms with Crippen molar-refractivity contribution in [1.29, 1.82) is 0 Å². The number of hydrogen-bond acceptors (Lipinski definition) is 5. The largest absolute Gasteiger partial charge is 0.481 e. The average molecular weight is 452 g/mol. The number of hydrogen-bond donors (Lipinski definition) is 2. The highest BCUT2D eigenvalue weighted by Gasteiger charge is 2.35. The molecule has 1 fully saturated rings. The Morgan fingerprint density at radius 1 is 1.09 bits per heavy atom. The summed E-state index contributed by atoms with van der Waals surface area (Å²) in [5, 5.41) is 11.9. The molecular weight excluding hydrogens is 422 g/mol. The van der Waals surface area contributed by atoms with Crippen molar-refractivity contribution in [3.8, 4) is 11.1 Å². The number of likely N-dealkylation sites (N-methyl/N-ethyl adjacent to an activating group) is 1. The average Bonchev–Trinajstić information content (AvgIpc) is 3.40. The summed E-state index contributed by atoms with van der Waals surface area (Å²) < 4.78 is 5.59. The molecule has 4 rings (SSSR count). The number of rotatable bonds is 7. The molecule has 8 heteroatoms. The van der Waals surface area contributed by atoms with Gasteiger partial charge in [0.2, 0.25) is 5.91 Å². The van der Waals surface area contributed by atoms with Crippen LogP contribution in [0, 0.1) is 5.92 Å². The van der Waals surface area contributed by atoms with E-state index < -0.39 is 24.0 Å². The molecule has 1 heterocycles. The van der Waals surface area contributed by atoms with Crippen LogP contribution in [0.1, 0.15) is 23.5 Å². The van der Waals surface area contributed by atoms with Crippen molar-refractivity contribution in [3.63, 3.8) is 0 Å². The Hall–Kier alpha value is -3.39. The van der Waals surface area contributed by atoms with E-state index >= 15 is 0 Å². The first-order chi connectivity index (χ1) is 15.8. The first-order valence-electron chi connectivity index (χ1n) is 11.1. The zero-order valence-electron chi connectivity index (χ0n) is 18.9. The van der Waals surface area contributed by atoms with Gasteiger partial charge in [-0.1, -0.05) is 48.5 Å². The quantitative estimate of drug-likeness (QED) is 0.671. The Morgan fingerprint density at radius 2 is 1.70 bits per heavy atom. The van der Waals surface area contributed by atoms with E-state index in [1.807, 2.05) is 50.5 Å². The molecule has 1 aliphatic heterocycles. The molecule has 0 aromatic heterocycles. The van der Waals surface area contributed by atoms with Crippen LogP contribution in [0.25, 0.3) is 11.1 Å². The van der Waals surface area contributed by atoms with Crippen LogP contribution in [0.5, 0.6) is 0 Å². The molecule has 2 atom stereocenters. The van der Waals surface area contributed by atoms with Gasteiger partial charge in [0.15, 0.2) is 0 Å². The van der Waals surface area contributed by atoms with E-state index in [2.05, 4.69) is 17.4 Å². The zero-order valence-corrected chi connectivity index (χ0v) is 18.9. The Morgan fingerprint density at radius 3 is 2.24 bits per heavy atom. The van der Waals surface area contributed by atoms with Crippen LogP contribution in [0.4, 0.5) is 4.79 Å². The summed E-state index contributed by atoms with van der Waals surface area (Å²) in [6, 6.07) is 15.4. The van der Waals surface area contributed by atoms with E-state index in [9.17, 15) is 19.5 Å². The molecular formula is C25H29N3O5. The van der Waals surface area contributed by atoms with Crippen molar-refractivity contribution in [2.45, 2.75) is 18.4 Å². The molecule has 1 aliphatic carbocycles. The van der Waals surface area contributed by atoms with Gasteiger partial charge in [0.05, 0.1) is 5.92 Å². The minimum atomic E-state index is -0.904. The highest BCUT2D eigenvalue weighted by atomic mass is 16.5. The second-order valence-corrected chi connectivity index (χ2v) is 8.89. The van der Waals surface area contributed by atoms with Gasteiger partial charge in [0, 0.05) is 25.6 Å². The van der Waals surface area contributed by atoms with Crippen molar-refractivity contribution in [3.05, 3.63) is 59.7 Å². The number of carbonyl (C=O) groups is 3. The molecule has 33 heavy (non-hydrogen) atoms. The summed E-state index contributed by atoms with van der Waals surface area (Å²) >= 11 is 0. The normalized spacial score (nSPS) is 18.0. The molecule has 2 aliphatic rings. The highest BCUT2D eigenvalue weighted by molar-refractivity contribution is 5.87. The maximum absolute atomic E-state index is 13.0. The minimum Gasteiger partial charge on any atom is -0.481 e. The molecule has 174 valence electrons. The molecule has 1 unspecified atom stereocenters. The lowest BCUT2D eigenvalue weighted by molar-refractivity contribution is -0.141. The molecule has 0 spiro atoms. The van der Waals surface area contributed by atoms with E-state index in [4.69, 9.17) is 4.74 Å². The number of carbonyl (C=O) groups excluding carboxylic acids is 2. The first kappa shape index (κ1) is 22.8. The van der Waals surface area contributed by atoms with Crippen LogP contribution in [0.3, 0.4) is 0 Å². The summed E-state index contributed by atoms with van der Waals surface area (Å²) in [5.41, 5.74) is 4.52. The third-order valence-corrected chi connectivity index (χ3v) is 6.33. The van der Waals surface area contributed by atoms with Crippen LogP contribution in [0.15, 0.2) is 48.5 Å². The Labute approximate surface area is 193 Å². The van der Waals surface area contributed by atoms with Crippen LogP contribution in [0.2, 0.25) is 0 Å². The molecule has 2 aromatic rings. The minimum absolute atomic E-state index is 0.0685. The van der Waals surface area contributed by atoms with Crippen LogP contribution >= 0.6 is 0 Å². The van der Waals surface area contributed by atoms with Crippen LogP contribution in [-0.2, 0) is 14.3 Å². The maximum Gasteiger partial charge on any atom is 0.407 e. The van der Waals surface area contributed by atoms with Gasteiger partial charge in [-0.15, -0.1) is 0 Å². The third kappa shape index (κ3) is 4.85. The smallest absolute Gasteiger partial charge is 0.407 e. The lowest BCUT2D eigenvalue weighted by Gasteiger charge is -2.26. The molecule has 1 saturated heterocycles. The predicted molar refractivity (Wildman–Crippen MR) is 123 cm³/mol. The number of ether oxygens (including phenoxy) is 1. The number of alkyl carbamates (subject to hydrolysis) is 1. The maximum atomic E-state index is 13.0. The SMILES string of the molecule is CN(C)C[C@H](NC(=O)OCC1c2ccccc2-c2ccccc21)C(=O)N1CCC(C(=O)O)C1. The van der Waals surface area contributed by atoms with E-state index in [0.717, 1.165) is 22.3 Å². The van der Waals surface area contributed by atoms with Gasteiger partial charge < -0.3 is 25.0 Å². The zero-order chi connectivity index (χ0) is 23.5. The van der Waals surface area contributed by atoms with E-state index in [1.165, 1.54) is 4.90 Å². The van der Waals surface area contributed by atoms with Gasteiger partial charge in [-0.05, 0) is 42.8 Å². The number of nitrogens with one attached hydrogen (secondary N) is 1. The van der Waals surface area contributed by atoms with Gasteiger partial charge >= 0.3 is 12.1 Å². The van der Waals surface area contributed by atoms with E-state index in [0.29, 0.717) is 13.0 Å². The van der Waals surface area contributed by atoms with Gasteiger partial charge in [0.25, 0.3) is 0 Å². The first-order valence-corrected chi connectivity index (χ1v) is 11.1. The fourth-order valence-electron chi connectivity index (χ4n) is 4.72. The standard InChI is InChI=1S/C25H29N3O5/c1-27(2)14-22(23(29)28-12-11-16(13-28)24(30)31)26-25(32)33-15-21-19-9-5-3-7-17(19)18-8-4-6-10-20(18)21/h3-10,16,21-22H,11-15H2,1-2H3,(H,26,32)(H,30,31)/t16?,22-/m0/s1. The van der Waals surface area contributed by atoms with Crippen molar-refractivity contribution in [1.82, 2.24) is 15.1 Å². The van der Waals surface area contributed by atoms with Gasteiger partial charge in [-0.25, -0.2) is 4.79 Å². The lowest BCUT2D eigenvalue weighted by Crippen LogP contribution is -2.52. The third-order valence-electron chi connectivity index (χ3n) is 6.33. The summed E-state index contributed by atoms with van der Waals surface area (Å²) in [7, 11) is 3.62. The van der Waals surface area contributed by atoms with E-state index in [-0.39, 0.29) is 31.5 Å². The number of likely N-dealkylation sites (tertiary alicyclic amines) is 1. The summed E-state index contributed by atoms with van der Waals surface area (Å²) in [5.74, 6) is -1.83. The number of amides is 2. The fraction of sp³-hybridized carbons (Fsp3) is 0.400. The topological polar surface area (TPSA) is 99.2 Å². The number of nitrogens with zero attached hydrogens (tertiary/aromatic N) is 2. The second-order valence-electron chi connectivity index (χ2n) is 8.89. The van der Waals surface area contributed by atoms with Crippen molar-refractivity contribution in [2.75, 3.05) is 40.3 Å². The number of carboxylic acids is 1. The summed E-state index contributed by atoms with van der Waals surface area (Å²) in [6.45, 7) is 0.974. The van der Waals surface area contributed by atoms with E-state index in [1.54, 1.807) is 4.90 Å². The second kappa shape index (κ2) is 9.62. The Balaban J connectivity index is 1.41. The summed E-state index contributed by atoms with van der Waals surface area (Å²) in [6.07, 6.45) is -0.244. The van der Waals surface area contributed by atoms with Gasteiger partial charge in [0.1, 0.15) is 12.6 Å². The molecule has 2 N–H and O–H groups in total. The lowest BCUT2D eigenvalue weighted by atomic mass is 9.98. The van der Waals surface area contributed by atoms with Crippen molar-refractivity contribution >= 4 is 18.0 Å². The number of aliphatic carboxylic acids is 1. The van der Waals surface area contributed by atoms with Crippen molar-refractivity contribution in [2.24, 2.45) is 5.92 Å². The Bertz CT molecular complexity index is 1010. The summed E-state index contributed by atoms with van der Waals surface area (Å²) in [4.78, 5) is 40.3. The Kier molecular flexibility index (Phi) is 6.65.